The van der Waals surface area contributed by atoms with Crippen molar-refractivity contribution < 1.29 is 10.2 Å². The van der Waals surface area contributed by atoms with Crippen molar-refractivity contribution in [3.05, 3.63) is 101 Å². The first-order valence-corrected chi connectivity index (χ1v) is 10.6. The number of aryl methyl sites for hydroxylation is 1. The molecule has 1 aliphatic carbocycles. The molecule has 0 atom stereocenters. The maximum atomic E-state index is 12.2. The lowest BCUT2D eigenvalue weighted by atomic mass is 9.75. The molecule has 0 saturated heterocycles. The first-order valence-electron chi connectivity index (χ1n) is 10.6. The molecule has 4 nitrogen and oxygen atoms in total. The molecule has 0 aliphatic heterocycles. The molecule has 30 heavy (non-hydrogen) atoms. The molecule has 1 aromatic heterocycles. The molecule has 4 heteroatoms. The lowest BCUT2D eigenvalue weighted by molar-refractivity contribution is -0.0387. The zero-order valence-corrected chi connectivity index (χ0v) is 17.1. The number of nitrogens with zero attached hydrogens (tertiary/aromatic N) is 2. The van der Waals surface area contributed by atoms with Gasteiger partial charge in [0.15, 0.2) is 11.4 Å². The van der Waals surface area contributed by atoms with Crippen LogP contribution in [0.25, 0.3) is 11.0 Å². The van der Waals surface area contributed by atoms with E-state index < -0.39 is 11.2 Å². The van der Waals surface area contributed by atoms with E-state index in [1.807, 2.05) is 78.9 Å². The summed E-state index contributed by atoms with van der Waals surface area (Å²) in [5.74, 6) is 0.593. The van der Waals surface area contributed by atoms with Gasteiger partial charge in [-0.15, -0.1) is 0 Å². The van der Waals surface area contributed by atoms with Crippen LogP contribution in [0, 0.1) is 0 Å². The van der Waals surface area contributed by atoms with Crippen molar-refractivity contribution in [3.8, 4) is 0 Å². The van der Waals surface area contributed by atoms with Crippen molar-refractivity contribution in [2.45, 2.75) is 43.9 Å². The Hall–Kier alpha value is -2.95. The average Bonchev–Trinajstić information content (AvgIpc) is 3.16. The van der Waals surface area contributed by atoms with Crippen molar-refractivity contribution >= 4 is 11.0 Å². The molecule has 1 saturated carbocycles. The van der Waals surface area contributed by atoms with Gasteiger partial charge in [-0.2, -0.15) is 0 Å². The predicted molar refractivity (Wildman–Crippen MR) is 118 cm³/mol. The van der Waals surface area contributed by atoms with Gasteiger partial charge in [-0.05, 0) is 55.0 Å². The van der Waals surface area contributed by atoms with Crippen LogP contribution >= 0.6 is 0 Å². The topological polar surface area (TPSA) is 58.3 Å². The minimum Gasteiger partial charge on any atom is -0.385 e. The summed E-state index contributed by atoms with van der Waals surface area (Å²) < 4.78 is 2.07. The Morgan fingerprint density at radius 1 is 0.933 bits per heavy atom. The summed E-state index contributed by atoms with van der Waals surface area (Å²) in [4.78, 5) is 4.91. The van der Waals surface area contributed by atoms with E-state index in [0.717, 1.165) is 47.0 Å². The number of fused-ring (bicyclic) bond motifs is 1. The second-order valence-corrected chi connectivity index (χ2v) is 8.21. The quantitative estimate of drug-likeness (QED) is 0.512. The molecule has 1 heterocycles. The van der Waals surface area contributed by atoms with Gasteiger partial charge >= 0.3 is 0 Å². The van der Waals surface area contributed by atoms with E-state index in [1.165, 1.54) is 0 Å². The largest absolute Gasteiger partial charge is 0.385 e. The third-order valence-electron chi connectivity index (χ3n) is 6.49. The molecule has 0 spiro atoms. The molecule has 0 radical (unpaired) electrons. The first kappa shape index (κ1) is 19.0. The zero-order valence-electron chi connectivity index (χ0n) is 17.1. The van der Waals surface area contributed by atoms with Crippen LogP contribution in [0.5, 0.6) is 0 Å². The van der Waals surface area contributed by atoms with E-state index in [-0.39, 0.29) is 0 Å². The molecule has 2 N–H and O–H groups in total. The number of hydrogen-bond donors (Lipinski definition) is 2. The van der Waals surface area contributed by atoms with Crippen LogP contribution in [-0.2, 0) is 17.7 Å². The van der Waals surface area contributed by atoms with Crippen LogP contribution in [0.1, 0.15) is 48.7 Å². The fourth-order valence-corrected chi connectivity index (χ4v) is 4.59. The Labute approximate surface area is 176 Å². The Bertz CT molecular complexity index is 1140. The maximum Gasteiger partial charge on any atom is 0.173 e. The molecular formula is C26H26N2O2. The number of aromatic nitrogens is 2. The summed E-state index contributed by atoms with van der Waals surface area (Å²) in [6.45, 7) is 2.72. The van der Waals surface area contributed by atoms with Crippen molar-refractivity contribution in [1.82, 2.24) is 9.55 Å². The van der Waals surface area contributed by atoms with Crippen LogP contribution in [0.3, 0.4) is 0 Å². The van der Waals surface area contributed by atoms with Gasteiger partial charge in [0.25, 0.3) is 0 Å². The predicted octanol–water partition coefficient (Wildman–Crippen LogP) is 4.71. The average molecular weight is 399 g/mol. The Kier molecular flexibility index (Phi) is 4.49. The maximum absolute atomic E-state index is 12.2. The van der Waals surface area contributed by atoms with E-state index in [0.29, 0.717) is 12.4 Å². The minimum atomic E-state index is -1.38. The number of hydrogen-bond acceptors (Lipinski definition) is 3. The molecule has 5 rings (SSSR count). The van der Waals surface area contributed by atoms with Gasteiger partial charge in [0.1, 0.15) is 0 Å². The van der Waals surface area contributed by atoms with E-state index in [2.05, 4.69) is 11.5 Å². The molecule has 0 bridgehead atoms. The summed E-state index contributed by atoms with van der Waals surface area (Å²) >= 11 is 0. The Morgan fingerprint density at radius 3 is 2.03 bits per heavy atom. The van der Waals surface area contributed by atoms with Gasteiger partial charge in [0, 0.05) is 6.54 Å². The van der Waals surface area contributed by atoms with Crippen molar-refractivity contribution in [2.24, 2.45) is 0 Å². The van der Waals surface area contributed by atoms with Crippen LogP contribution in [0.15, 0.2) is 78.9 Å². The summed E-state index contributed by atoms with van der Waals surface area (Å²) in [6.07, 6.45) is 2.64. The van der Waals surface area contributed by atoms with Crippen molar-refractivity contribution in [3.63, 3.8) is 0 Å². The minimum absolute atomic E-state index is 0.593. The second-order valence-electron chi connectivity index (χ2n) is 8.21. The van der Waals surface area contributed by atoms with Crippen LogP contribution in [0.2, 0.25) is 0 Å². The molecule has 152 valence electrons. The smallest absolute Gasteiger partial charge is 0.173 e. The number of aliphatic hydroxyl groups is 2. The SMILES string of the molecule is CCn1c(C(O)(c2ccccc2)c2ccccc2)nc2ccc(C3(O)CCC3)cc21. The zero-order chi connectivity index (χ0) is 20.8. The highest BCUT2D eigenvalue weighted by Crippen LogP contribution is 2.43. The fraction of sp³-hybridized carbons (Fsp3) is 0.269. The third-order valence-corrected chi connectivity index (χ3v) is 6.49. The van der Waals surface area contributed by atoms with E-state index >= 15 is 0 Å². The van der Waals surface area contributed by atoms with Gasteiger partial charge in [-0.25, -0.2) is 4.98 Å². The summed E-state index contributed by atoms with van der Waals surface area (Å²) in [5.41, 5.74) is 2.14. The molecule has 0 amide bonds. The van der Waals surface area contributed by atoms with Crippen LogP contribution in [-0.4, -0.2) is 19.8 Å². The molecule has 1 fully saturated rings. The molecule has 0 unspecified atom stereocenters. The first-order chi connectivity index (χ1) is 14.6. The fourth-order valence-electron chi connectivity index (χ4n) is 4.59. The second kappa shape index (κ2) is 7.08. The van der Waals surface area contributed by atoms with Crippen molar-refractivity contribution in [1.29, 1.82) is 0 Å². The van der Waals surface area contributed by atoms with Gasteiger partial charge in [0.05, 0.1) is 16.6 Å². The normalized spacial score (nSPS) is 15.8. The Balaban J connectivity index is 1.76. The third kappa shape index (κ3) is 2.79. The molecule has 3 aromatic carbocycles. The standard InChI is InChI=1S/C26H26N2O2/c1-2-28-23-18-21(25(29)16-9-17-25)14-15-22(23)27-24(28)26(30,19-10-5-3-6-11-19)20-12-7-4-8-13-20/h3-8,10-15,18,29-30H,2,9,16-17H2,1H3. The van der Waals surface area contributed by atoms with Crippen LogP contribution < -0.4 is 0 Å². The highest BCUT2D eigenvalue weighted by atomic mass is 16.3. The lowest BCUT2D eigenvalue weighted by Gasteiger charge is -2.37. The van der Waals surface area contributed by atoms with Gasteiger partial charge in [-0.1, -0.05) is 66.7 Å². The van der Waals surface area contributed by atoms with Gasteiger partial charge in [0.2, 0.25) is 0 Å². The summed E-state index contributed by atoms with van der Waals surface area (Å²) in [5, 5.41) is 23.0. The van der Waals surface area contributed by atoms with E-state index in [4.69, 9.17) is 4.98 Å². The number of imidazole rings is 1. The highest BCUT2D eigenvalue weighted by molar-refractivity contribution is 5.78. The van der Waals surface area contributed by atoms with Gasteiger partial charge < -0.3 is 14.8 Å². The van der Waals surface area contributed by atoms with Gasteiger partial charge in [-0.3, -0.25) is 0 Å². The molecular weight excluding hydrogens is 372 g/mol. The number of rotatable bonds is 5. The lowest BCUT2D eigenvalue weighted by Crippen LogP contribution is -2.33. The monoisotopic (exact) mass is 398 g/mol. The molecule has 1 aliphatic rings. The Morgan fingerprint density at radius 2 is 1.53 bits per heavy atom. The van der Waals surface area contributed by atoms with Crippen molar-refractivity contribution in [2.75, 3.05) is 0 Å². The van der Waals surface area contributed by atoms with Crippen LogP contribution in [0.4, 0.5) is 0 Å². The summed E-state index contributed by atoms with van der Waals surface area (Å²) in [6, 6.07) is 25.4. The highest BCUT2D eigenvalue weighted by Gasteiger charge is 2.40. The van der Waals surface area contributed by atoms with E-state index in [9.17, 15) is 10.2 Å². The van der Waals surface area contributed by atoms with E-state index in [1.54, 1.807) is 0 Å². The molecule has 4 aromatic rings. The summed E-state index contributed by atoms with van der Waals surface area (Å²) in [7, 11) is 0. The number of benzene rings is 3.